The maximum Gasteiger partial charge on any atom is 0.228 e. The zero-order chi connectivity index (χ0) is 20.3. The Hall–Kier alpha value is -2.32. The summed E-state index contributed by atoms with van der Waals surface area (Å²) in [6, 6.07) is 14.4. The van der Waals surface area contributed by atoms with Crippen molar-refractivity contribution in [3.63, 3.8) is 0 Å². The highest BCUT2D eigenvalue weighted by Gasteiger charge is 2.16. The van der Waals surface area contributed by atoms with Crippen molar-refractivity contribution < 1.29 is 9.35 Å². The molecule has 0 spiro atoms. The molecule has 0 aliphatic carbocycles. The van der Waals surface area contributed by atoms with Gasteiger partial charge in [0, 0.05) is 22.8 Å². The Morgan fingerprint density at radius 1 is 1.25 bits per heavy atom. The first-order valence-corrected chi connectivity index (χ1v) is 10.3. The van der Waals surface area contributed by atoms with Crippen molar-refractivity contribution in [2.45, 2.75) is 31.2 Å². The van der Waals surface area contributed by atoms with Gasteiger partial charge in [-0.05, 0) is 43.7 Å². The second-order valence-corrected chi connectivity index (χ2v) is 8.09. The van der Waals surface area contributed by atoms with Crippen LogP contribution < -0.4 is 15.8 Å². The van der Waals surface area contributed by atoms with Gasteiger partial charge in [-0.2, -0.15) is 0 Å². The zero-order valence-electron chi connectivity index (χ0n) is 15.5. The number of hydrogen-bond donors (Lipinski definition) is 3. The first-order chi connectivity index (χ1) is 13.3. The predicted octanol–water partition coefficient (Wildman–Crippen LogP) is 3.87. The Kier molecular flexibility index (Phi) is 6.41. The summed E-state index contributed by atoms with van der Waals surface area (Å²) in [7, 11) is 0. The van der Waals surface area contributed by atoms with Gasteiger partial charge in [-0.1, -0.05) is 29.8 Å². The number of nitrogens with two attached hydrogens (primary N) is 1. The number of hydrogen-bond acceptors (Lipinski definition) is 5. The number of amides is 1. The van der Waals surface area contributed by atoms with E-state index in [-0.39, 0.29) is 18.4 Å². The van der Waals surface area contributed by atoms with E-state index >= 15 is 0 Å². The summed E-state index contributed by atoms with van der Waals surface area (Å²) in [6.45, 7) is 4.02. The smallest absolute Gasteiger partial charge is 0.228 e. The molecule has 0 fully saturated rings. The molecule has 0 aliphatic heterocycles. The number of aromatic nitrogens is 1. The van der Waals surface area contributed by atoms with Crippen LogP contribution in [0.15, 0.2) is 53.4 Å². The molecule has 1 amide bonds. The highest BCUT2D eigenvalue weighted by Crippen LogP contribution is 2.27. The first kappa shape index (κ1) is 20.4. The number of rotatable bonds is 6. The van der Waals surface area contributed by atoms with E-state index in [0.29, 0.717) is 32.3 Å². The minimum absolute atomic E-state index is 0.126. The molecule has 3 rings (SSSR count). The minimum Gasteiger partial charge on any atom is -0.593 e. The average Bonchev–Trinajstić information content (AvgIpc) is 2.62. The van der Waals surface area contributed by atoms with Gasteiger partial charge in [0.1, 0.15) is 5.82 Å². The molecule has 8 heteroatoms. The number of anilines is 2. The van der Waals surface area contributed by atoms with Gasteiger partial charge in [0.25, 0.3) is 0 Å². The Balaban J connectivity index is 1.91. The van der Waals surface area contributed by atoms with Crippen molar-refractivity contribution >= 4 is 51.3 Å². The SMILES string of the molecule is CC(C)Nc1ccc2c([S+](N)[O-])cc(NC(=O)Cc3ccccc3Cl)cc2n1. The van der Waals surface area contributed by atoms with E-state index in [1.54, 1.807) is 24.3 Å². The van der Waals surface area contributed by atoms with E-state index in [4.69, 9.17) is 16.7 Å². The van der Waals surface area contributed by atoms with Crippen LogP contribution in [0.25, 0.3) is 10.9 Å². The average molecular weight is 417 g/mol. The second-order valence-electron chi connectivity index (χ2n) is 6.65. The lowest BCUT2D eigenvalue weighted by Crippen LogP contribution is -2.17. The molecule has 3 aromatic rings. The molecule has 6 nitrogen and oxygen atoms in total. The molecular weight excluding hydrogens is 396 g/mol. The summed E-state index contributed by atoms with van der Waals surface area (Å²) < 4.78 is 12.0. The molecule has 1 aromatic heterocycles. The Bertz CT molecular complexity index is 1010. The number of benzene rings is 2. The lowest BCUT2D eigenvalue weighted by Gasteiger charge is -2.13. The summed E-state index contributed by atoms with van der Waals surface area (Å²) in [5, 5.41) is 12.9. The van der Waals surface area contributed by atoms with E-state index in [9.17, 15) is 9.35 Å². The van der Waals surface area contributed by atoms with E-state index < -0.39 is 11.4 Å². The van der Waals surface area contributed by atoms with Crippen LogP contribution >= 0.6 is 11.6 Å². The van der Waals surface area contributed by atoms with Gasteiger partial charge in [0.2, 0.25) is 5.91 Å². The maximum atomic E-state index is 12.5. The van der Waals surface area contributed by atoms with Crippen molar-refractivity contribution in [3.05, 3.63) is 59.1 Å². The number of fused-ring (bicyclic) bond motifs is 1. The normalized spacial score (nSPS) is 12.2. The van der Waals surface area contributed by atoms with Crippen LogP contribution in [0.2, 0.25) is 5.02 Å². The molecular formula is C20H21ClN4O2S. The van der Waals surface area contributed by atoms with Gasteiger partial charge < -0.3 is 15.2 Å². The fourth-order valence-corrected chi connectivity index (χ4v) is 3.67. The summed E-state index contributed by atoms with van der Waals surface area (Å²) in [6.07, 6.45) is 0.126. The van der Waals surface area contributed by atoms with Crippen LogP contribution in [-0.2, 0) is 22.6 Å². The third-order valence-electron chi connectivity index (χ3n) is 4.01. The van der Waals surface area contributed by atoms with E-state index in [1.165, 1.54) is 0 Å². The predicted molar refractivity (Wildman–Crippen MR) is 115 cm³/mol. The standard InChI is InChI=1S/C20H21ClN4O2S/c1-12(2)23-19-8-7-15-17(25-19)10-14(11-18(15)28(22)27)24-20(26)9-13-5-3-4-6-16(13)21/h3-8,10-12H,9,22H2,1-2H3,(H,23,25)(H,24,26). The minimum atomic E-state index is -1.72. The maximum absolute atomic E-state index is 12.5. The summed E-state index contributed by atoms with van der Waals surface area (Å²) in [5.74, 6) is 0.452. The fraction of sp³-hybridized carbons (Fsp3) is 0.200. The number of halogens is 1. The van der Waals surface area contributed by atoms with Crippen molar-refractivity contribution in [2.24, 2.45) is 5.14 Å². The van der Waals surface area contributed by atoms with Crippen LogP contribution in [0.5, 0.6) is 0 Å². The quantitative estimate of drug-likeness (QED) is 0.529. The third kappa shape index (κ3) is 4.94. The van der Waals surface area contributed by atoms with Crippen molar-refractivity contribution in [2.75, 3.05) is 10.6 Å². The Labute approximate surface area is 171 Å². The van der Waals surface area contributed by atoms with Crippen LogP contribution in [0.3, 0.4) is 0 Å². The van der Waals surface area contributed by atoms with E-state index in [0.717, 1.165) is 5.56 Å². The largest absolute Gasteiger partial charge is 0.593 e. The zero-order valence-corrected chi connectivity index (χ0v) is 17.1. The van der Waals surface area contributed by atoms with E-state index in [2.05, 4.69) is 15.6 Å². The number of carbonyl (C=O) groups is 1. The monoisotopic (exact) mass is 416 g/mol. The number of nitrogens with one attached hydrogen (secondary N) is 2. The Morgan fingerprint density at radius 2 is 2.00 bits per heavy atom. The fourth-order valence-electron chi connectivity index (χ4n) is 2.84. The topological polar surface area (TPSA) is 103 Å². The second kappa shape index (κ2) is 8.79. The molecule has 1 unspecified atom stereocenters. The van der Waals surface area contributed by atoms with Gasteiger partial charge in [0.15, 0.2) is 4.90 Å². The highest BCUT2D eigenvalue weighted by atomic mass is 35.5. The molecule has 4 N–H and O–H groups in total. The van der Waals surface area contributed by atoms with E-state index in [1.807, 2.05) is 38.1 Å². The van der Waals surface area contributed by atoms with Crippen molar-refractivity contribution in [1.29, 1.82) is 0 Å². The number of carbonyl (C=O) groups excluding carboxylic acids is 1. The summed E-state index contributed by atoms with van der Waals surface area (Å²) in [5.41, 5.74) is 1.80. The number of pyridine rings is 1. The van der Waals surface area contributed by atoms with Gasteiger partial charge in [-0.15, -0.1) is 5.14 Å². The lowest BCUT2D eigenvalue weighted by atomic mass is 10.1. The van der Waals surface area contributed by atoms with Gasteiger partial charge in [-0.3, -0.25) is 4.79 Å². The molecule has 28 heavy (non-hydrogen) atoms. The molecule has 0 saturated carbocycles. The Morgan fingerprint density at radius 3 is 2.68 bits per heavy atom. The van der Waals surface area contributed by atoms with Crippen molar-refractivity contribution in [3.8, 4) is 0 Å². The molecule has 1 atom stereocenters. The van der Waals surface area contributed by atoms with Crippen LogP contribution in [0.1, 0.15) is 19.4 Å². The number of nitrogens with zero attached hydrogens (tertiary/aromatic N) is 1. The van der Waals surface area contributed by atoms with Crippen LogP contribution in [0.4, 0.5) is 11.5 Å². The molecule has 0 saturated heterocycles. The van der Waals surface area contributed by atoms with Gasteiger partial charge in [0.05, 0.1) is 28.7 Å². The molecule has 0 aliphatic rings. The van der Waals surface area contributed by atoms with Crippen molar-refractivity contribution in [1.82, 2.24) is 4.98 Å². The van der Waals surface area contributed by atoms with Crippen LogP contribution in [-0.4, -0.2) is 21.5 Å². The van der Waals surface area contributed by atoms with Crippen LogP contribution in [0, 0.1) is 0 Å². The molecule has 2 aromatic carbocycles. The summed E-state index contributed by atoms with van der Waals surface area (Å²) >= 11 is 4.40. The molecule has 0 bridgehead atoms. The molecule has 1 heterocycles. The van der Waals surface area contributed by atoms with Gasteiger partial charge in [-0.25, -0.2) is 4.98 Å². The first-order valence-electron chi connectivity index (χ1n) is 8.74. The highest BCUT2D eigenvalue weighted by molar-refractivity contribution is 7.89. The summed E-state index contributed by atoms with van der Waals surface area (Å²) in [4.78, 5) is 17.4. The lowest BCUT2D eigenvalue weighted by molar-refractivity contribution is -0.115. The van der Waals surface area contributed by atoms with Gasteiger partial charge >= 0.3 is 0 Å². The third-order valence-corrected chi connectivity index (χ3v) is 5.15. The molecule has 0 radical (unpaired) electrons. The molecule has 146 valence electrons.